The molecule has 2 atom stereocenters. The van der Waals surface area contributed by atoms with Crippen molar-refractivity contribution in [3.05, 3.63) is 53.1 Å². The Balaban J connectivity index is 1.44. The molecule has 2 aromatic carbocycles. The first-order chi connectivity index (χ1) is 17.3. The summed E-state index contributed by atoms with van der Waals surface area (Å²) in [4.78, 5) is 7.19. The van der Waals surface area contributed by atoms with Crippen molar-refractivity contribution in [2.45, 2.75) is 70.4 Å². The van der Waals surface area contributed by atoms with E-state index >= 15 is 0 Å². The van der Waals surface area contributed by atoms with Gasteiger partial charge in [0.15, 0.2) is 0 Å². The van der Waals surface area contributed by atoms with Crippen LogP contribution in [0.25, 0.3) is 22.8 Å². The highest BCUT2D eigenvalue weighted by Crippen LogP contribution is 2.49. The van der Waals surface area contributed by atoms with Gasteiger partial charge in [0, 0.05) is 28.6 Å². The Morgan fingerprint density at radius 3 is 2.83 bits per heavy atom. The Hall–Kier alpha value is -3.21. The van der Waals surface area contributed by atoms with Crippen molar-refractivity contribution in [1.29, 1.82) is 5.26 Å². The van der Waals surface area contributed by atoms with E-state index in [1.807, 2.05) is 19.9 Å². The Bertz CT molecular complexity index is 1300. The zero-order valence-corrected chi connectivity index (χ0v) is 21.5. The first-order valence-electron chi connectivity index (χ1n) is 12.9. The standard InChI is InChI=1S/C29H34N4O3/c1-5-28(4,18-34)33-14-13-29(17-33)12-11-22-23(7-6-8-24(22)29)26-31-27(36-32-26)20-9-10-25(35-19(2)3)21(15-20)16-30/h6-10,15,19,34H,5,11-14,17-18H2,1-4H3. The van der Waals surface area contributed by atoms with Gasteiger partial charge in [-0.05, 0) is 82.3 Å². The van der Waals surface area contributed by atoms with Gasteiger partial charge in [0.25, 0.3) is 5.89 Å². The molecule has 1 aliphatic heterocycles. The van der Waals surface area contributed by atoms with E-state index in [9.17, 15) is 10.4 Å². The van der Waals surface area contributed by atoms with Crippen molar-refractivity contribution in [1.82, 2.24) is 15.0 Å². The average molecular weight is 487 g/mol. The van der Waals surface area contributed by atoms with Crippen molar-refractivity contribution < 1.29 is 14.4 Å². The molecule has 7 nitrogen and oxygen atoms in total. The topological polar surface area (TPSA) is 95.4 Å². The van der Waals surface area contributed by atoms with Gasteiger partial charge in [-0.2, -0.15) is 10.2 Å². The smallest absolute Gasteiger partial charge is 0.258 e. The molecule has 1 aromatic heterocycles. The predicted octanol–water partition coefficient (Wildman–Crippen LogP) is 5.11. The fourth-order valence-corrected chi connectivity index (χ4v) is 5.81. The van der Waals surface area contributed by atoms with Crippen LogP contribution in [0, 0.1) is 11.3 Å². The lowest BCUT2D eigenvalue weighted by molar-refractivity contribution is 0.0540. The van der Waals surface area contributed by atoms with Crippen LogP contribution in [0.1, 0.15) is 63.6 Å². The van der Waals surface area contributed by atoms with E-state index in [-0.39, 0.29) is 23.7 Å². The highest BCUT2D eigenvalue weighted by atomic mass is 16.5. The van der Waals surface area contributed by atoms with Crippen LogP contribution < -0.4 is 4.74 Å². The number of hydrogen-bond acceptors (Lipinski definition) is 7. The lowest BCUT2D eigenvalue weighted by Gasteiger charge is -2.38. The Labute approximate surface area is 212 Å². The highest BCUT2D eigenvalue weighted by Gasteiger charge is 2.48. The number of nitrogens with zero attached hydrogens (tertiary/aromatic N) is 4. The molecule has 7 heteroatoms. The number of fused-ring (bicyclic) bond motifs is 2. The summed E-state index contributed by atoms with van der Waals surface area (Å²) in [6, 6.07) is 14.0. The van der Waals surface area contributed by atoms with Gasteiger partial charge < -0.3 is 14.4 Å². The summed E-state index contributed by atoms with van der Waals surface area (Å²) in [6.07, 6.45) is 4.07. The third-order valence-electron chi connectivity index (χ3n) is 8.20. The number of aliphatic hydroxyl groups excluding tert-OH is 1. The maximum Gasteiger partial charge on any atom is 0.258 e. The maximum absolute atomic E-state index is 10.1. The summed E-state index contributed by atoms with van der Waals surface area (Å²) < 4.78 is 11.4. The molecule has 2 heterocycles. The van der Waals surface area contributed by atoms with E-state index in [1.54, 1.807) is 12.1 Å². The molecule has 5 rings (SSSR count). The number of hydrogen-bond donors (Lipinski definition) is 1. The van der Waals surface area contributed by atoms with Gasteiger partial charge in [-0.25, -0.2) is 0 Å². The molecule has 1 aliphatic carbocycles. The third-order valence-corrected chi connectivity index (χ3v) is 8.20. The van der Waals surface area contributed by atoms with Gasteiger partial charge in [-0.15, -0.1) is 0 Å². The van der Waals surface area contributed by atoms with Gasteiger partial charge in [0.1, 0.15) is 11.8 Å². The highest BCUT2D eigenvalue weighted by molar-refractivity contribution is 5.68. The largest absolute Gasteiger partial charge is 0.490 e. The molecule has 1 spiro atoms. The van der Waals surface area contributed by atoms with Crippen LogP contribution in [-0.2, 0) is 11.8 Å². The third kappa shape index (κ3) is 4.08. The molecule has 0 amide bonds. The van der Waals surface area contributed by atoms with Crippen LogP contribution in [0.4, 0.5) is 0 Å². The van der Waals surface area contributed by atoms with E-state index in [1.165, 1.54) is 11.1 Å². The Morgan fingerprint density at radius 1 is 1.28 bits per heavy atom. The predicted molar refractivity (Wildman–Crippen MR) is 138 cm³/mol. The van der Waals surface area contributed by atoms with Crippen molar-refractivity contribution in [3.8, 4) is 34.7 Å². The molecule has 36 heavy (non-hydrogen) atoms. The van der Waals surface area contributed by atoms with E-state index in [0.717, 1.165) is 44.3 Å². The van der Waals surface area contributed by atoms with E-state index in [2.05, 4.69) is 48.2 Å². The number of aliphatic hydroxyl groups is 1. The molecule has 1 fully saturated rings. The first-order valence-corrected chi connectivity index (χ1v) is 12.9. The minimum atomic E-state index is -0.176. The van der Waals surface area contributed by atoms with E-state index in [0.29, 0.717) is 28.6 Å². The zero-order valence-electron chi connectivity index (χ0n) is 21.5. The number of nitriles is 1. The fraction of sp³-hybridized carbons (Fsp3) is 0.483. The molecule has 1 saturated heterocycles. The van der Waals surface area contributed by atoms with E-state index in [4.69, 9.17) is 14.2 Å². The molecule has 2 aliphatic rings. The van der Waals surface area contributed by atoms with Crippen LogP contribution in [0.5, 0.6) is 5.75 Å². The van der Waals surface area contributed by atoms with Crippen molar-refractivity contribution >= 4 is 0 Å². The van der Waals surface area contributed by atoms with Gasteiger partial charge in [-0.3, -0.25) is 4.90 Å². The fourth-order valence-electron chi connectivity index (χ4n) is 5.81. The maximum atomic E-state index is 10.1. The molecule has 1 N–H and O–H groups in total. The second-order valence-electron chi connectivity index (χ2n) is 10.7. The molecule has 188 valence electrons. The summed E-state index contributed by atoms with van der Waals surface area (Å²) in [6.45, 7) is 10.3. The van der Waals surface area contributed by atoms with Crippen molar-refractivity contribution in [3.63, 3.8) is 0 Å². The monoisotopic (exact) mass is 486 g/mol. The molecule has 3 aromatic rings. The van der Waals surface area contributed by atoms with E-state index < -0.39 is 0 Å². The summed E-state index contributed by atoms with van der Waals surface area (Å²) in [5.74, 6) is 1.51. The van der Waals surface area contributed by atoms with Gasteiger partial charge >= 0.3 is 0 Å². The summed E-state index contributed by atoms with van der Waals surface area (Å²) in [5, 5.41) is 24.0. The summed E-state index contributed by atoms with van der Waals surface area (Å²) in [5.41, 5.74) is 4.76. The zero-order chi connectivity index (χ0) is 25.5. The second-order valence-corrected chi connectivity index (χ2v) is 10.7. The molecule has 2 unspecified atom stereocenters. The number of likely N-dealkylation sites (tertiary alicyclic amines) is 1. The Morgan fingerprint density at radius 2 is 2.11 bits per heavy atom. The minimum absolute atomic E-state index is 0.0206. The minimum Gasteiger partial charge on any atom is -0.490 e. The van der Waals surface area contributed by atoms with Gasteiger partial charge in [-0.1, -0.05) is 30.3 Å². The van der Waals surface area contributed by atoms with Crippen LogP contribution in [-0.4, -0.2) is 51.5 Å². The molecule has 0 radical (unpaired) electrons. The first kappa shape index (κ1) is 24.5. The second kappa shape index (κ2) is 9.34. The van der Waals surface area contributed by atoms with Crippen molar-refractivity contribution in [2.24, 2.45) is 0 Å². The van der Waals surface area contributed by atoms with Crippen LogP contribution >= 0.6 is 0 Å². The summed E-state index contributed by atoms with van der Waals surface area (Å²) in [7, 11) is 0. The van der Waals surface area contributed by atoms with Crippen LogP contribution in [0.15, 0.2) is 40.9 Å². The normalized spacial score (nSPS) is 21.0. The lowest BCUT2D eigenvalue weighted by Crippen LogP contribution is -2.48. The molecular weight excluding hydrogens is 452 g/mol. The summed E-state index contributed by atoms with van der Waals surface area (Å²) >= 11 is 0. The number of rotatable bonds is 7. The SMILES string of the molecule is CCC(C)(CO)N1CCC2(CCc3c(-c4noc(-c5ccc(OC(C)C)c(C#N)c5)n4)cccc32)C1. The molecule has 0 saturated carbocycles. The lowest BCUT2D eigenvalue weighted by atomic mass is 9.80. The molecular formula is C29H34N4O3. The average Bonchev–Trinajstić information content (AvgIpc) is 3.63. The van der Waals surface area contributed by atoms with Crippen LogP contribution in [0.2, 0.25) is 0 Å². The van der Waals surface area contributed by atoms with Crippen LogP contribution in [0.3, 0.4) is 0 Å². The molecule has 0 bridgehead atoms. The number of benzene rings is 2. The van der Waals surface area contributed by atoms with Gasteiger partial charge in [0.05, 0.1) is 18.3 Å². The Kier molecular flexibility index (Phi) is 6.36. The quantitative estimate of drug-likeness (QED) is 0.496. The number of ether oxygens (including phenoxy) is 1. The number of aromatic nitrogens is 2. The van der Waals surface area contributed by atoms with Gasteiger partial charge in [0.2, 0.25) is 5.82 Å². The van der Waals surface area contributed by atoms with Crippen molar-refractivity contribution in [2.75, 3.05) is 19.7 Å².